The molecule has 31 heavy (non-hydrogen) atoms. The number of rotatable bonds is 5. The SMILES string of the molecule is CC1(O)CC2NNC(O)C2C(c2cccc([N+](=O)[O-])c2)C1C(=O)OCc1ccccc1. The fourth-order valence-electron chi connectivity index (χ4n) is 4.90. The van der Waals surface area contributed by atoms with Crippen molar-refractivity contribution >= 4 is 11.7 Å². The number of hydrogen-bond donors (Lipinski definition) is 4. The summed E-state index contributed by atoms with van der Waals surface area (Å²) in [7, 11) is 0. The molecule has 0 radical (unpaired) electrons. The van der Waals surface area contributed by atoms with Gasteiger partial charge in [-0.2, -0.15) is 0 Å². The first-order valence-corrected chi connectivity index (χ1v) is 10.1. The summed E-state index contributed by atoms with van der Waals surface area (Å²) in [4.78, 5) is 24.1. The van der Waals surface area contributed by atoms with Crippen LogP contribution in [-0.4, -0.2) is 39.0 Å². The Morgan fingerprint density at radius 2 is 1.97 bits per heavy atom. The fourth-order valence-corrected chi connectivity index (χ4v) is 4.90. The molecule has 9 nitrogen and oxygen atoms in total. The Bertz CT molecular complexity index is 967. The van der Waals surface area contributed by atoms with Crippen molar-refractivity contribution in [1.29, 1.82) is 0 Å². The molecule has 6 atom stereocenters. The third-order valence-corrected chi connectivity index (χ3v) is 6.27. The topological polar surface area (TPSA) is 134 Å². The third kappa shape index (κ3) is 4.17. The van der Waals surface area contributed by atoms with Crippen LogP contribution in [0.4, 0.5) is 5.69 Å². The molecule has 0 aromatic heterocycles. The largest absolute Gasteiger partial charge is 0.461 e. The van der Waals surface area contributed by atoms with Crippen molar-refractivity contribution in [1.82, 2.24) is 10.9 Å². The molecule has 0 spiro atoms. The van der Waals surface area contributed by atoms with E-state index in [1.54, 1.807) is 19.1 Å². The van der Waals surface area contributed by atoms with Crippen LogP contribution < -0.4 is 10.9 Å². The van der Waals surface area contributed by atoms with Crippen LogP contribution in [0.5, 0.6) is 0 Å². The molecule has 1 aliphatic carbocycles. The highest BCUT2D eigenvalue weighted by molar-refractivity contribution is 5.76. The van der Waals surface area contributed by atoms with E-state index < -0.39 is 40.5 Å². The van der Waals surface area contributed by atoms with Crippen molar-refractivity contribution in [3.63, 3.8) is 0 Å². The Labute approximate surface area is 179 Å². The zero-order valence-corrected chi connectivity index (χ0v) is 17.0. The number of carbonyl (C=O) groups is 1. The van der Waals surface area contributed by atoms with Gasteiger partial charge in [-0.3, -0.25) is 20.3 Å². The maximum absolute atomic E-state index is 13.2. The van der Waals surface area contributed by atoms with Gasteiger partial charge in [0.1, 0.15) is 12.8 Å². The van der Waals surface area contributed by atoms with Gasteiger partial charge in [0.05, 0.1) is 16.4 Å². The second-order valence-electron chi connectivity index (χ2n) is 8.43. The minimum atomic E-state index is -1.46. The summed E-state index contributed by atoms with van der Waals surface area (Å²) < 4.78 is 5.56. The molecular formula is C22H25N3O6. The number of nitrogens with zero attached hydrogens (tertiary/aromatic N) is 1. The van der Waals surface area contributed by atoms with Gasteiger partial charge in [-0.15, -0.1) is 0 Å². The Hall–Kier alpha value is -2.85. The summed E-state index contributed by atoms with van der Waals surface area (Å²) in [6, 6.07) is 14.8. The van der Waals surface area contributed by atoms with Crippen LogP contribution in [0.2, 0.25) is 0 Å². The van der Waals surface area contributed by atoms with E-state index in [0.29, 0.717) is 5.56 Å². The van der Waals surface area contributed by atoms with E-state index in [2.05, 4.69) is 10.9 Å². The van der Waals surface area contributed by atoms with Crippen molar-refractivity contribution in [2.24, 2.45) is 11.8 Å². The fraction of sp³-hybridized carbons (Fsp3) is 0.409. The van der Waals surface area contributed by atoms with Gasteiger partial charge < -0.3 is 14.9 Å². The van der Waals surface area contributed by atoms with E-state index in [1.165, 1.54) is 12.1 Å². The number of nitro benzene ring substituents is 1. The second kappa shape index (κ2) is 8.35. The number of non-ortho nitro benzene ring substituents is 1. The molecule has 6 unspecified atom stereocenters. The molecule has 9 heteroatoms. The van der Waals surface area contributed by atoms with Crippen LogP contribution in [-0.2, 0) is 16.1 Å². The van der Waals surface area contributed by atoms with Crippen LogP contribution in [0.15, 0.2) is 54.6 Å². The van der Waals surface area contributed by atoms with Gasteiger partial charge in [-0.05, 0) is 24.5 Å². The molecule has 164 valence electrons. The number of carbonyl (C=O) groups excluding carboxylic acids is 1. The van der Waals surface area contributed by atoms with E-state index in [0.717, 1.165) is 5.56 Å². The number of nitro groups is 1. The normalized spacial score (nSPS) is 32.3. The van der Waals surface area contributed by atoms with Crippen LogP contribution in [0.25, 0.3) is 0 Å². The number of aliphatic hydroxyl groups excluding tert-OH is 1. The van der Waals surface area contributed by atoms with E-state index >= 15 is 0 Å². The summed E-state index contributed by atoms with van der Waals surface area (Å²) in [6.07, 6.45) is -0.784. The Morgan fingerprint density at radius 3 is 2.68 bits per heavy atom. The van der Waals surface area contributed by atoms with Crippen molar-refractivity contribution in [2.75, 3.05) is 0 Å². The molecule has 1 aliphatic heterocycles. The number of ether oxygens (including phenoxy) is 1. The highest BCUT2D eigenvalue weighted by atomic mass is 16.6. The molecule has 0 bridgehead atoms. The Kier molecular flexibility index (Phi) is 5.76. The third-order valence-electron chi connectivity index (χ3n) is 6.27. The molecule has 2 aromatic rings. The smallest absolute Gasteiger partial charge is 0.312 e. The average Bonchev–Trinajstić information content (AvgIpc) is 3.10. The van der Waals surface area contributed by atoms with Crippen LogP contribution in [0.3, 0.4) is 0 Å². The van der Waals surface area contributed by atoms with Gasteiger partial charge in [-0.25, -0.2) is 5.43 Å². The van der Waals surface area contributed by atoms with E-state index in [9.17, 15) is 25.1 Å². The maximum Gasteiger partial charge on any atom is 0.312 e. The summed E-state index contributed by atoms with van der Waals surface area (Å²) >= 11 is 0. The number of fused-ring (bicyclic) bond motifs is 1. The van der Waals surface area contributed by atoms with E-state index in [-0.39, 0.29) is 24.8 Å². The number of esters is 1. The number of nitrogens with one attached hydrogen (secondary N) is 2. The zero-order chi connectivity index (χ0) is 22.2. The first-order valence-electron chi connectivity index (χ1n) is 10.1. The van der Waals surface area contributed by atoms with Crippen molar-refractivity contribution in [3.8, 4) is 0 Å². The minimum Gasteiger partial charge on any atom is -0.461 e. The number of hydrazine groups is 1. The van der Waals surface area contributed by atoms with Gasteiger partial charge in [0.25, 0.3) is 5.69 Å². The molecule has 1 saturated carbocycles. The highest BCUT2D eigenvalue weighted by Crippen LogP contribution is 2.50. The first kappa shape index (κ1) is 21.4. The lowest BCUT2D eigenvalue weighted by molar-refractivity contribution is -0.385. The van der Waals surface area contributed by atoms with Gasteiger partial charge in [0.15, 0.2) is 0 Å². The van der Waals surface area contributed by atoms with Gasteiger partial charge in [0, 0.05) is 30.0 Å². The van der Waals surface area contributed by atoms with Crippen LogP contribution in [0, 0.1) is 22.0 Å². The molecule has 0 amide bonds. The molecule has 2 fully saturated rings. The molecule has 1 saturated heterocycles. The highest BCUT2D eigenvalue weighted by Gasteiger charge is 2.58. The maximum atomic E-state index is 13.2. The summed E-state index contributed by atoms with van der Waals surface area (Å²) in [6.45, 7) is 1.61. The number of hydrogen-bond acceptors (Lipinski definition) is 8. The van der Waals surface area contributed by atoms with Crippen LogP contribution >= 0.6 is 0 Å². The van der Waals surface area contributed by atoms with Crippen molar-refractivity contribution < 1.29 is 24.7 Å². The summed E-state index contributed by atoms with van der Waals surface area (Å²) in [5.41, 5.74) is 5.46. The molecule has 1 heterocycles. The van der Waals surface area contributed by atoms with Crippen LogP contribution in [0.1, 0.15) is 30.4 Å². The van der Waals surface area contributed by atoms with Crippen molar-refractivity contribution in [2.45, 2.75) is 43.7 Å². The Morgan fingerprint density at radius 1 is 1.23 bits per heavy atom. The first-order chi connectivity index (χ1) is 14.8. The monoisotopic (exact) mass is 427 g/mol. The molecule has 2 aromatic carbocycles. The number of benzene rings is 2. The lowest BCUT2D eigenvalue weighted by Crippen LogP contribution is -2.56. The molecule has 2 aliphatic rings. The molecule has 4 rings (SSSR count). The predicted octanol–water partition coefficient (Wildman–Crippen LogP) is 1.60. The van der Waals surface area contributed by atoms with E-state index in [1.807, 2.05) is 30.3 Å². The zero-order valence-electron chi connectivity index (χ0n) is 17.0. The predicted molar refractivity (Wildman–Crippen MR) is 110 cm³/mol. The minimum absolute atomic E-state index is 0.0427. The lowest BCUT2D eigenvalue weighted by atomic mass is 9.60. The molecule has 4 N–H and O–H groups in total. The molecular weight excluding hydrogens is 402 g/mol. The van der Waals surface area contributed by atoms with Gasteiger partial charge in [-0.1, -0.05) is 42.5 Å². The van der Waals surface area contributed by atoms with Gasteiger partial charge >= 0.3 is 5.97 Å². The summed E-state index contributed by atoms with van der Waals surface area (Å²) in [5.74, 6) is -2.82. The summed E-state index contributed by atoms with van der Waals surface area (Å²) in [5, 5.41) is 33.2. The Balaban J connectivity index is 1.71. The quantitative estimate of drug-likeness (QED) is 0.321. The van der Waals surface area contributed by atoms with Crippen molar-refractivity contribution in [3.05, 3.63) is 75.8 Å². The standard InChI is InChI=1S/C22H25N3O6/c1-22(28)11-16-18(20(26)24-23-16)17(14-8-5-9-15(10-14)25(29)30)19(22)21(27)31-12-13-6-3-2-4-7-13/h2-10,16-20,23-24,26,28H,11-12H2,1H3. The lowest BCUT2D eigenvalue weighted by Gasteiger charge is -2.47. The second-order valence-corrected chi connectivity index (χ2v) is 8.43. The average molecular weight is 427 g/mol. The van der Waals surface area contributed by atoms with Gasteiger partial charge in [0.2, 0.25) is 0 Å². The number of aliphatic hydroxyl groups is 2. The van der Waals surface area contributed by atoms with E-state index in [4.69, 9.17) is 4.74 Å².